The molecule has 1 atom stereocenters. The molecule has 0 fully saturated rings. The topological polar surface area (TPSA) is 75.7 Å². The van der Waals surface area contributed by atoms with Gasteiger partial charge >= 0.3 is 5.97 Å². The standard InChI is InChI=1S/C13H17IN2O2/c1-13(2,14)16-8-10-5-3-9(4-6-10)7-11(15)12(17)18/h3-6,8,11H,7,15H2,1-2H3,(H,17,18). The number of rotatable bonds is 5. The van der Waals surface area contributed by atoms with Gasteiger partial charge in [-0.25, -0.2) is 0 Å². The van der Waals surface area contributed by atoms with E-state index in [9.17, 15) is 4.79 Å². The molecular formula is C13H17IN2O2. The number of hydrogen-bond donors (Lipinski definition) is 2. The summed E-state index contributed by atoms with van der Waals surface area (Å²) in [6, 6.07) is 6.73. The predicted molar refractivity (Wildman–Crippen MR) is 81.5 cm³/mol. The molecule has 0 bridgehead atoms. The van der Waals surface area contributed by atoms with Gasteiger partial charge in [-0.1, -0.05) is 46.9 Å². The lowest BCUT2D eigenvalue weighted by molar-refractivity contribution is -0.138. The minimum atomic E-state index is -0.979. The van der Waals surface area contributed by atoms with Gasteiger partial charge in [0.05, 0.1) is 0 Å². The number of alkyl halides is 1. The Labute approximate surface area is 120 Å². The highest BCUT2D eigenvalue weighted by Crippen LogP contribution is 2.17. The molecule has 0 radical (unpaired) electrons. The van der Waals surface area contributed by atoms with Crippen LogP contribution in [0.25, 0.3) is 0 Å². The van der Waals surface area contributed by atoms with E-state index < -0.39 is 12.0 Å². The summed E-state index contributed by atoms with van der Waals surface area (Å²) in [7, 11) is 0. The Morgan fingerprint density at radius 2 is 2.06 bits per heavy atom. The molecule has 0 saturated carbocycles. The van der Waals surface area contributed by atoms with E-state index in [-0.39, 0.29) is 3.55 Å². The third-order valence-corrected chi connectivity index (χ3v) is 2.55. The van der Waals surface area contributed by atoms with E-state index in [0.717, 1.165) is 11.1 Å². The summed E-state index contributed by atoms with van der Waals surface area (Å²) < 4.78 is -0.123. The molecule has 0 spiro atoms. The summed E-state index contributed by atoms with van der Waals surface area (Å²) in [5.74, 6) is -0.979. The van der Waals surface area contributed by atoms with E-state index in [1.54, 1.807) is 0 Å². The molecule has 0 saturated heterocycles. The van der Waals surface area contributed by atoms with Crippen molar-refractivity contribution >= 4 is 34.8 Å². The van der Waals surface area contributed by atoms with Crippen molar-refractivity contribution in [3.63, 3.8) is 0 Å². The monoisotopic (exact) mass is 360 g/mol. The molecule has 1 rings (SSSR count). The highest BCUT2D eigenvalue weighted by atomic mass is 127. The molecule has 0 heterocycles. The molecule has 0 aromatic heterocycles. The predicted octanol–water partition coefficient (Wildman–Crippen LogP) is 2.23. The van der Waals surface area contributed by atoms with Gasteiger partial charge in [0, 0.05) is 6.21 Å². The van der Waals surface area contributed by atoms with Gasteiger partial charge in [0.25, 0.3) is 0 Å². The molecule has 5 heteroatoms. The quantitative estimate of drug-likeness (QED) is 0.366. The largest absolute Gasteiger partial charge is 0.480 e. The second kappa shape index (κ2) is 6.29. The van der Waals surface area contributed by atoms with Crippen LogP contribution in [0.1, 0.15) is 25.0 Å². The highest BCUT2D eigenvalue weighted by Gasteiger charge is 2.11. The van der Waals surface area contributed by atoms with Crippen LogP contribution in [-0.2, 0) is 11.2 Å². The Balaban J connectivity index is 2.69. The maximum absolute atomic E-state index is 10.6. The number of carboxylic acids is 1. The SMILES string of the molecule is CC(C)(I)N=Cc1ccc(CC(N)C(=O)O)cc1. The smallest absolute Gasteiger partial charge is 0.320 e. The molecule has 0 aliphatic rings. The van der Waals surface area contributed by atoms with Crippen LogP contribution < -0.4 is 5.73 Å². The van der Waals surface area contributed by atoms with Gasteiger partial charge in [-0.3, -0.25) is 9.79 Å². The first-order chi connectivity index (χ1) is 8.28. The second-order valence-electron chi connectivity index (χ2n) is 4.56. The average Bonchev–Trinajstić information content (AvgIpc) is 2.27. The molecule has 0 aliphatic heterocycles. The number of nitrogens with zero attached hydrogens (tertiary/aromatic N) is 1. The van der Waals surface area contributed by atoms with E-state index in [2.05, 4.69) is 27.6 Å². The number of aliphatic imine (C=N–C) groups is 1. The van der Waals surface area contributed by atoms with Crippen LogP contribution in [0, 0.1) is 0 Å². The maximum Gasteiger partial charge on any atom is 0.320 e. The highest BCUT2D eigenvalue weighted by molar-refractivity contribution is 14.1. The van der Waals surface area contributed by atoms with E-state index in [1.165, 1.54) is 0 Å². The summed E-state index contributed by atoms with van der Waals surface area (Å²) in [6.07, 6.45) is 2.15. The van der Waals surface area contributed by atoms with Crippen molar-refractivity contribution in [2.45, 2.75) is 29.9 Å². The van der Waals surface area contributed by atoms with Crippen LogP contribution in [0.2, 0.25) is 0 Å². The van der Waals surface area contributed by atoms with Gasteiger partial charge < -0.3 is 10.8 Å². The van der Waals surface area contributed by atoms with Crippen molar-refractivity contribution in [2.75, 3.05) is 0 Å². The molecule has 98 valence electrons. The Morgan fingerprint density at radius 3 is 2.50 bits per heavy atom. The minimum Gasteiger partial charge on any atom is -0.480 e. The van der Waals surface area contributed by atoms with Gasteiger partial charge in [0.15, 0.2) is 0 Å². The van der Waals surface area contributed by atoms with Crippen LogP contribution in [0.5, 0.6) is 0 Å². The van der Waals surface area contributed by atoms with Crippen LogP contribution in [0.4, 0.5) is 0 Å². The first-order valence-electron chi connectivity index (χ1n) is 5.59. The fraction of sp³-hybridized carbons (Fsp3) is 0.385. The zero-order chi connectivity index (χ0) is 13.8. The van der Waals surface area contributed by atoms with Gasteiger partial charge in [0.1, 0.15) is 9.59 Å². The lowest BCUT2D eigenvalue weighted by atomic mass is 10.1. The Bertz CT molecular complexity index is 435. The van der Waals surface area contributed by atoms with Crippen molar-refractivity contribution < 1.29 is 9.90 Å². The number of halogens is 1. The third kappa shape index (κ3) is 5.59. The first kappa shape index (κ1) is 15.1. The number of carbonyl (C=O) groups is 1. The van der Waals surface area contributed by atoms with E-state index in [0.29, 0.717) is 6.42 Å². The molecule has 0 amide bonds. The number of hydrogen-bond acceptors (Lipinski definition) is 3. The van der Waals surface area contributed by atoms with Crippen molar-refractivity contribution in [2.24, 2.45) is 10.7 Å². The zero-order valence-electron chi connectivity index (χ0n) is 10.4. The normalized spacial score (nSPS) is 13.8. The molecule has 1 unspecified atom stereocenters. The van der Waals surface area contributed by atoms with E-state index in [1.807, 2.05) is 44.3 Å². The van der Waals surface area contributed by atoms with Gasteiger partial charge in [-0.2, -0.15) is 0 Å². The minimum absolute atomic E-state index is 0.123. The van der Waals surface area contributed by atoms with E-state index in [4.69, 9.17) is 10.8 Å². The number of carboxylic acid groups (broad SMARTS) is 1. The lowest BCUT2D eigenvalue weighted by Gasteiger charge is -2.09. The Kier molecular flexibility index (Phi) is 5.28. The average molecular weight is 360 g/mol. The maximum atomic E-state index is 10.6. The molecule has 0 aliphatic carbocycles. The van der Waals surface area contributed by atoms with Crippen LogP contribution in [0.15, 0.2) is 29.3 Å². The van der Waals surface area contributed by atoms with Gasteiger partial charge in [-0.05, 0) is 31.4 Å². The van der Waals surface area contributed by atoms with Crippen molar-refractivity contribution in [3.8, 4) is 0 Å². The summed E-state index contributed by atoms with van der Waals surface area (Å²) in [4.78, 5) is 15.0. The third-order valence-electron chi connectivity index (χ3n) is 2.27. The van der Waals surface area contributed by atoms with Gasteiger partial charge in [0.2, 0.25) is 0 Å². The molecule has 18 heavy (non-hydrogen) atoms. The van der Waals surface area contributed by atoms with Crippen LogP contribution in [0.3, 0.4) is 0 Å². The van der Waals surface area contributed by atoms with Crippen molar-refractivity contribution in [1.82, 2.24) is 0 Å². The summed E-state index contributed by atoms with van der Waals surface area (Å²) >= 11 is 2.25. The number of aliphatic carboxylic acids is 1. The van der Waals surface area contributed by atoms with Crippen molar-refractivity contribution in [1.29, 1.82) is 0 Å². The number of nitrogens with two attached hydrogens (primary N) is 1. The molecule has 3 N–H and O–H groups in total. The van der Waals surface area contributed by atoms with Gasteiger partial charge in [-0.15, -0.1) is 0 Å². The Hall–Kier alpha value is -0.950. The number of benzene rings is 1. The summed E-state index contributed by atoms with van der Waals surface area (Å²) in [5, 5.41) is 8.72. The Morgan fingerprint density at radius 1 is 1.50 bits per heavy atom. The van der Waals surface area contributed by atoms with Crippen LogP contribution >= 0.6 is 22.6 Å². The zero-order valence-corrected chi connectivity index (χ0v) is 12.6. The molecule has 4 nitrogen and oxygen atoms in total. The fourth-order valence-electron chi connectivity index (χ4n) is 1.31. The fourth-order valence-corrected chi connectivity index (χ4v) is 1.45. The summed E-state index contributed by atoms with van der Waals surface area (Å²) in [6.45, 7) is 4.04. The molecule has 1 aromatic rings. The summed E-state index contributed by atoms with van der Waals surface area (Å²) in [5.41, 5.74) is 7.38. The first-order valence-corrected chi connectivity index (χ1v) is 6.67. The van der Waals surface area contributed by atoms with E-state index >= 15 is 0 Å². The van der Waals surface area contributed by atoms with Crippen LogP contribution in [-0.4, -0.2) is 26.9 Å². The second-order valence-corrected chi connectivity index (χ2v) is 7.20. The lowest BCUT2D eigenvalue weighted by Crippen LogP contribution is -2.32. The molecule has 1 aromatic carbocycles. The van der Waals surface area contributed by atoms with Crippen molar-refractivity contribution in [3.05, 3.63) is 35.4 Å². The molecular weight excluding hydrogens is 343 g/mol.